The number of imide groups is 1. The number of likely N-dealkylation sites (tertiary alicyclic amines) is 1. The second-order valence-corrected chi connectivity index (χ2v) is 4.53. The molecule has 1 unspecified atom stereocenters. The van der Waals surface area contributed by atoms with Crippen LogP contribution in [0.5, 0.6) is 0 Å². The Bertz CT molecular complexity index is 274. The number of carbonyl (C=O) groups excluding carboxylic acids is 2. The maximum atomic E-state index is 11.2. The quantitative estimate of drug-likeness (QED) is 0.488. The lowest BCUT2D eigenvalue weighted by Gasteiger charge is -2.15. The lowest BCUT2D eigenvalue weighted by Crippen LogP contribution is -2.37. The first-order valence-electron chi connectivity index (χ1n) is 6.05. The first-order valence-corrected chi connectivity index (χ1v) is 6.05. The summed E-state index contributed by atoms with van der Waals surface area (Å²) in [6, 6.07) is -0.300. The molecule has 2 aliphatic heterocycles. The summed E-state index contributed by atoms with van der Waals surface area (Å²) in [5.41, 5.74) is 0. The first-order chi connectivity index (χ1) is 7.75. The molecular formula is C11H19N3O2. The molecule has 2 N–H and O–H groups in total. The number of nitrogens with one attached hydrogen (secondary N) is 2. The zero-order valence-electron chi connectivity index (χ0n) is 9.50. The summed E-state index contributed by atoms with van der Waals surface area (Å²) in [5, 5.41) is 5.42. The van der Waals surface area contributed by atoms with Crippen LogP contribution in [0.1, 0.15) is 25.7 Å². The zero-order valence-corrected chi connectivity index (χ0v) is 9.50. The zero-order chi connectivity index (χ0) is 11.4. The van der Waals surface area contributed by atoms with Gasteiger partial charge in [-0.25, -0.2) is 0 Å². The Morgan fingerprint density at radius 2 is 2.06 bits per heavy atom. The van der Waals surface area contributed by atoms with Crippen molar-refractivity contribution in [3.63, 3.8) is 0 Å². The summed E-state index contributed by atoms with van der Waals surface area (Å²) in [7, 11) is 0. The average molecular weight is 225 g/mol. The van der Waals surface area contributed by atoms with Crippen LogP contribution in [0, 0.1) is 0 Å². The SMILES string of the molecule is O=C1CC(NCCCN2CCCC2)C(=O)N1. The molecule has 2 aliphatic rings. The van der Waals surface area contributed by atoms with Crippen molar-refractivity contribution in [1.82, 2.24) is 15.5 Å². The van der Waals surface area contributed by atoms with E-state index in [9.17, 15) is 9.59 Å². The monoisotopic (exact) mass is 225 g/mol. The minimum Gasteiger partial charge on any atom is -0.305 e. The highest BCUT2D eigenvalue weighted by molar-refractivity contribution is 6.05. The predicted octanol–water partition coefficient (Wildman–Crippen LogP) is -0.523. The number of carbonyl (C=O) groups is 2. The normalized spacial score (nSPS) is 26.4. The fourth-order valence-electron chi connectivity index (χ4n) is 2.30. The van der Waals surface area contributed by atoms with Gasteiger partial charge in [-0.3, -0.25) is 14.9 Å². The molecule has 2 saturated heterocycles. The van der Waals surface area contributed by atoms with E-state index in [1.54, 1.807) is 0 Å². The minimum absolute atomic E-state index is 0.165. The molecule has 2 rings (SSSR count). The van der Waals surface area contributed by atoms with Crippen molar-refractivity contribution in [2.45, 2.75) is 31.7 Å². The van der Waals surface area contributed by atoms with E-state index in [1.807, 2.05) is 0 Å². The van der Waals surface area contributed by atoms with E-state index < -0.39 is 0 Å². The van der Waals surface area contributed by atoms with Crippen LogP contribution in [0.15, 0.2) is 0 Å². The van der Waals surface area contributed by atoms with E-state index in [0.29, 0.717) is 6.42 Å². The third-order valence-electron chi connectivity index (χ3n) is 3.21. The van der Waals surface area contributed by atoms with Crippen molar-refractivity contribution in [2.75, 3.05) is 26.2 Å². The van der Waals surface area contributed by atoms with E-state index >= 15 is 0 Å². The predicted molar refractivity (Wildman–Crippen MR) is 59.8 cm³/mol. The van der Waals surface area contributed by atoms with E-state index in [0.717, 1.165) is 19.5 Å². The van der Waals surface area contributed by atoms with Crippen molar-refractivity contribution in [2.24, 2.45) is 0 Å². The number of nitrogens with zero attached hydrogens (tertiary/aromatic N) is 1. The summed E-state index contributed by atoms with van der Waals surface area (Å²) < 4.78 is 0. The molecule has 16 heavy (non-hydrogen) atoms. The van der Waals surface area contributed by atoms with Crippen molar-refractivity contribution in [3.8, 4) is 0 Å². The highest BCUT2D eigenvalue weighted by atomic mass is 16.2. The Labute approximate surface area is 95.6 Å². The maximum absolute atomic E-state index is 11.2. The van der Waals surface area contributed by atoms with Gasteiger partial charge in [-0.1, -0.05) is 0 Å². The fraction of sp³-hybridized carbons (Fsp3) is 0.818. The van der Waals surface area contributed by atoms with Crippen LogP contribution in [0.3, 0.4) is 0 Å². The summed E-state index contributed by atoms with van der Waals surface area (Å²) >= 11 is 0. The Morgan fingerprint density at radius 3 is 2.69 bits per heavy atom. The molecule has 0 radical (unpaired) electrons. The third kappa shape index (κ3) is 3.02. The van der Waals surface area contributed by atoms with Crippen LogP contribution >= 0.6 is 0 Å². The second-order valence-electron chi connectivity index (χ2n) is 4.53. The summed E-state index contributed by atoms with van der Waals surface area (Å²) in [4.78, 5) is 24.6. The van der Waals surface area contributed by atoms with Crippen LogP contribution in [-0.2, 0) is 9.59 Å². The molecule has 0 saturated carbocycles. The standard InChI is InChI=1S/C11H19N3O2/c15-10-8-9(11(16)13-10)12-4-3-7-14-5-1-2-6-14/h9,12H,1-8H2,(H,13,15,16). The maximum Gasteiger partial charge on any atom is 0.244 e. The number of hydrogen-bond acceptors (Lipinski definition) is 4. The van der Waals surface area contributed by atoms with E-state index in [2.05, 4.69) is 15.5 Å². The van der Waals surface area contributed by atoms with Crippen molar-refractivity contribution in [1.29, 1.82) is 0 Å². The average Bonchev–Trinajstić information content (AvgIpc) is 2.84. The molecule has 2 heterocycles. The molecule has 1 atom stereocenters. The van der Waals surface area contributed by atoms with Crippen LogP contribution in [0.4, 0.5) is 0 Å². The highest BCUT2D eigenvalue weighted by Crippen LogP contribution is 2.07. The molecule has 0 spiro atoms. The lowest BCUT2D eigenvalue weighted by atomic mass is 10.2. The molecule has 5 nitrogen and oxygen atoms in total. The summed E-state index contributed by atoms with van der Waals surface area (Å²) in [6.07, 6.45) is 3.96. The molecular weight excluding hydrogens is 206 g/mol. The lowest BCUT2D eigenvalue weighted by molar-refractivity contribution is -0.125. The van der Waals surface area contributed by atoms with Gasteiger partial charge >= 0.3 is 0 Å². The second kappa shape index (κ2) is 5.41. The van der Waals surface area contributed by atoms with E-state index in [4.69, 9.17) is 0 Å². The van der Waals surface area contributed by atoms with Gasteiger partial charge in [0, 0.05) is 0 Å². The molecule has 0 aliphatic carbocycles. The smallest absolute Gasteiger partial charge is 0.244 e. The van der Waals surface area contributed by atoms with Gasteiger partial charge in [0.25, 0.3) is 0 Å². The van der Waals surface area contributed by atoms with Crippen LogP contribution < -0.4 is 10.6 Å². The van der Waals surface area contributed by atoms with Gasteiger partial charge in [-0.05, 0) is 45.4 Å². The third-order valence-corrected chi connectivity index (χ3v) is 3.21. The fourth-order valence-corrected chi connectivity index (χ4v) is 2.30. The molecule has 0 aromatic rings. The molecule has 2 fully saturated rings. The van der Waals surface area contributed by atoms with Crippen molar-refractivity contribution >= 4 is 11.8 Å². The Kier molecular flexibility index (Phi) is 3.90. The van der Waals surface area contributed by atoms with Crippen molar-refractivity contribution < 1.29 is 9.59 Å². The van der Waals surface area contributed by atoms with Gasteiger partial charge in [-0.2, -0.15) is 0 Å². The largest absolute Gasteiger partial charge is 0.305 e. The van der Waals surface area contributed by atoms with E-state index in [-0.39, 0.29) is 17.9 Å². The summed E-state index contributed by atoms with van der Waals surface area (Å²) in [5.74, 6) is -0.340. The van der Waals surface area contributed by atoms with Gasteiger partial charge in [0.2, 0.25) is 11.8 Å². The van der Waals surface area contributed by atoms with Gasteiger partial charge in [0.15, 0.2) is 0 Å². The van der Waals surface area contributed by atoms with Gasteiger partial charge < -0.3 is 10.2 Å². The number of amides is 2. The Morgan fingerprint density at radius 1 is 1.31 bits per heavy atom. The minimum atomic E-state index is -0.300. The molecule has 5 heteroatoms. The van der Waals surface area contributed by atoms with Crippen LogP contribution in [-0.4, -0.2) is 48.9 Å². The Hall–Kier alpha value is -0.940. The van der Waals surface area contributed by atoms with Crippen LogP contribution in [0.25, 0.3) is 0 Å². The molecule has 90 valence electrons. The van der Waals surface area contributed by atoms with Crippen LogP contribution in [0.2, 0.25) is 0 Å². The Balaban J connectivity index is 1.57. The van der Waals surface area contributed by atoms with Gasteiger partial charge in [-0.15, -0.1) is 0 Å². The topological polar surface area (TPSA) is 61.4 Å². The first kappa shape index (κ1) is 11.5. The molecule has 0 aromatic heterocycles. The molecule has 0 aromatic carbocycles. The molecule has 2 amide bonds. The summed E-state index contributed by atoms with van der Waals surface area (Å²) in [6.45, 7) is 4.32. The highest BCUT2D eigenvalue weighted by Gasteiger charge is 2.29. The van der Waals surface area contributed by atoms with Gasteiger partial charge in [0.05, 0.1) is 12.5 Å². The van der Waals surface area contributed by atoms with E-state index in [1.165, 1.54) is 25.9 Å². The van der Waals surface area contributed by atoms with Gasteiger partial charge in [0.1, 0.15) is 0 Å². The number of hydrogen-bond donors (Lipinski definition) is 2. The number of rotatable bonds is 5. The molecule has 0 bridgehead atoms. The van der Waals surface area contributed by atoms with Crippen molar-refractivity contribution in [3.05, 3.63) is 0 Å².